The summed E-state index contributed by atoms with van der Waals surface area (Å²) in [5.41, 5.74) is 0.982. The van der Waals surface area contributed by atoms with Gasteiger partial charge < -0.3 is 14.7 Å². The molecule has 1 N–H and O–H groups in total. The van der Waals surface area contributed by atoms with E-state index in [4.69, 9.17) is 4.52 Å². The number of hydrogen-bond donors (Lipinski definition) is 1. The molecule has 24 heavy (non-hydrogen) atoms. The van der Waals surface area contributed by atoms with Crippen LogP contribution in [0.1, 0.15) is 44.5 Å². The van der Waals surface area contributed by atoms with Gasteiger partial charge >= 0.3 is 0 Å². The molecule has 0 atom stereocenters. The number of hydrogen-bond acceptors (Lipinski definition) is 7. The van der Waals surface area contributed by atoms with Gasteiger partial charge in [-0.1, -0.05) is 9.64 Å². The fourth-order valence-electron chi connectivity index (χ4n) is 2.71. The van der Waals surface area contributed by atoms with Gasteiger partial charge in [0.2, 0.25) is 0 Å². The Balaban J connectivity index is 1.46. The average molecular weight is 349 g/mol. The molecule has 1 aliphatic rings. The molecule has 128 valence electrons. The van der Waals surface area contributed by atoms with Crippen LogP contribution in [0.4, 0.5) is 0 Å². The molecule has 3 heterocycles. The molecule has 0 saturated carbocycles. The molecule has 2 aromatic heterocycles. The minimum absolute atomic E-state index is 0.00283. The van der Waals surface area contributed by atoms with E-state index in [2.05, 4.69) is 20.1 Å². The van der Waals surface area contributed by atoms with Crippen molar-refractivity contribution in [2.24, 2.45) is 5.92 Å². The zero-order valence-corrected chi connectivity index (χ0v) is 14.4. The van der Waals surface area contributed by atoms with Crippen molar-refractivity contribution in [1.29, 1.82) is 0 Å². The smallest absolute Gasteiger partial charge is 0.273 e. The SMILES string of the molecule is Cc1cc(C(=O)NCC2CCN(C(=O)c3snnc3C)CC2)no1. The van der Waals surface area contributed by atoms with Crippen molar-refractivity contribution in [3.05, 3.63) is 28.1 Å². The van der Waals surface area contributed by atoms with Crippen LogP contribution in [0.2, 0.25) is 0 Å². The summed E-state index contributed by atoms with van der Waals surface area (Å²) in [5.74, 6) is 0.742. The number of carbonyl (C=O) groups excluding carboxylic acids is 2. The summed E-state index contributed by atoms with van der Waals surface area (Å²) in [6, 6.07) is 1.61. The second-order valence-corrected chi connectivity index (χ2v) is 6.71. The Labute approximate surface area is 143 Å². The van der Waals surface area contributed by atoms with Gasteiger partial charge in [-0.25, -0.2) is 0 Å². The van der Waals surface area contributed by atoms with Gasteiger partial charge in [-0.3, -0.25) is 9.59 Å². The van der Waals surface area contributed by atoms with E-state index < -0.39 is 0 Å². The maximum absolute atomic E-state index is 12.4. The Bertz CT molecular complexity index is 733. The number of likely N-dealkylation sites (tertiary alicyclic amines) is 1. The first kappa shape index (κ1) is 16.6. The third-order valence-corrected chi connectivity index (χ3v) is 4.98. The van der Waals surface area contributed by atoms with Crippen LogP contribution in [0.15, 0.2) is 10.6 Å². The van der Waals surface area contributed by atoms with Gasteiger partial charge in [0.15, 0.2) is 5.69 Å². The molecule has 8 nitrogen and oxygen atoms in total. The predicted molar refractivity (Wildman–Crippen MR) is 86.8 cm³/mol. The van der Waals surface area contributed by atoms with Gasteiger partial charge in [-0.05, 0) is 44.1 Å². The van der Waals surface area contributed by atoms with Crippen LogP contribution in [0.5, 0.6) is 0 Å². The van der Waals surface area contributed by atoms with Crippen LogP contribution >= 0.6 is 11.5 Å². The lowest BCUT2D eigenvalue weighted by Gasteiger charge is -2.31. The molecule has 0 bridgehead atoms. The highest BCUT2D eigenvalue weighted by Gasteiger charge is 2.26. The third-order valence-electron chi connectivity index (χ3n) is 4.16. The van der Waals surface area contributed by atoms with Gasteiger partial charge in [-0.15, -0.1) is 5.10 Å². The van der Waals surface area contributed by atoms with E-state index in [1.807, 2.05) is 4.90 Å². The molecular weight excluding hydrogens is 330 g/mol. The fourth-order valence-corrected chi connectivity index (χ4v) is 3.34. The maximum atomic E-state index is 12.4. The van der Waals surface area contributed by atoms with Crippen molar-refractivity contribution in [3.63, 3.8) is 0 Å². The molecular formula is C15H19N5O3S. The van der Waals surface area contributed by atoms with Crippen LogP contribution < -0.4 is 5.32 Å². The Morgan fingerprint density at radius 1 is 1.38 bits per heavy atom. The standard InChI is InChI=1S/C15H19N5O3S/c1-9-7-12(18-23-9)14(21)16-8-11-3-5-20(6-4-11)15(22)13-10(2)17-19-24-13/h7,11H,3-6,8H2,1-2H3,(H,16,21). The first-order valence-corrected chi connectivity index (χ1v) is 8.61. The zero-order valence-electron chi connectivity index (χ0n) is 13.6. The normalized spacial score (nSPS) is 15.5. The molecule has 1 fully saturated rings. The first-order chi connectivity index (χ1) is 11.5. The molecule has 0 aromatic carbocycles. The molecule has 1 saturated heterocycles. The monoisotopic (exact) mass is 349 g/mol. The van der Waals surface area contributed by atoms with Gasteiger partial charge in [-0.2, -0.15) is 0 Å². The van der Waals surface area contributed by atoms with E-state index in [9.17, 15) is 9.59 Å². The lowest BCUT2D eigenvalue weighted by Crippen LogP contribution is -2.41. The van der Waals surface area contributed by atoms with E-state index in [0.29, 0.717) is 47.6 Å². The number of aryl methyl sites for hydroxylation is 2. The van der Waals surface area contributed by atoms with E-state index in [1.165, 1.54) is 0 Å². The molecule has 1 aliphatic heterocycles. The highest BCUT2D eigenvalue weighted by atomic mass is 32.1. The Morgan fingerprint density at radius 2 is 2.12 bits per heavy atom. The fraction of sp³-hybridized carbons (Fsp3) is 0.533. The summed E-state index contributed by atoms with van der Waals surface area (Å²) >= 11 is 1.14. The minimum Gasteiger partial charge on any atom is -0.361 e. The van der Waals surface area contributed by atoms with Crippen LogP contribution in [0.25, 0.3) is 0 Å². The summed E-state index contributed by atoms with van der Waals surface area (Å²) in [4.78, 5) is 26.8. The minimum atomic E-state index is -0.225. The van der Waals surface area contributed by atoms with Crippen LogP contribution in [-0.4, -0.2) is 51.1 Å². The molecule has 2 amide bonds. The topological polar surface area (TPSA) is 101 Å². The molecule has 0 spiro atoms. The summed E-state index contributed by atoms with van der Waals surface area (Å²) in [5, 5.41) is 10.5. The number of amides is 2. The van der Waals surface area contributed by atoms with Crippen molar-refractivity contribution in [2.75, 3.05) is 19.6 Å². The summed E-state index contributed by atoms with van der Waals surface area (Å²) in [7, 11) is 0. The first-order valence-electron chi connectivity index (χ1n) is 7.84. The van der Waals surface area contributed by atoms with Crippen molar-refractivity contribution in [1.82, 2.24) is 25.0 Å². The van der Waals surface area contributed by atoms with Gasteiger partial charge in [0, 0.05) is 25.7 Å². The zero-order chi connectivity index (χ0) is 17.1. The summed E-state index contributed by atoms with van der Waals surface area (Å²) in [6.07, 6.45) is 1.71. The third kappa shape index (κ3) is 3.61. The summed E-state index contributed by atoms with van der Waals surface area (Å²) in [6.45, 7) is 5.48. The Kier molecular flexibility index (Phi) is 4.89. The molecule has 2 aromatic rings. The molecule has 9 heteroatoms. The number of piperidine rings is 1. The molecule has 0 radical (unpaired) electrons. The Morgan fingerprint density at radius 3 is 2.71 bits per heavy atom. The summed E-state index contributed by atoms with van der Waals surface area (Å²) < 4.78 is 8.71. The van der Waals surface area contributed by atoms with Crippen molar-refractivity contribution >= 4 is 23.3 Å². The van der Waals surface area contributed by atoms with E-state index >= 15 is 0 Å². The second-order valence-electron chi connectivity index (χ2n) is 5.96. The van der Waals surface area contributed by atoms with E-state index in [1.54, 1.807) is 19.9 Å². The number of carbonyl (C=O) groups is 2. The number of rotatable bonds is 4. The van der Waals surface area contributed by atoms with Crippen LogP contribution in [0, 0.1) is 19.8 Å². The quantitative estimate of drug-likeness (QED) is 0.896. The van der Waals surface area contributed by atoms with Gasteiger partial charge in [0.05, 0.1) is 5.69 Å². The molecule has 0 aliphatic carbocycles. The lowest BCUT2D eigenvalue weighted by atomic mass is 9.96. The highest BCUT2D eigenvalue weighted by Crippen LogP contribution is 2.20. The molecule has 0 unspecified atom stereocenters. The van der Waals surface area contributed by atoms with E-state index in [0.717, 1.165) is 24.4 Å². The number of nitrogens with one attached hydrogen (secondary N) is 1. The van der Waals surface area contributed by atoms with Gasteiger partial charge in [0.25, 0.3) is 11.8 Å². The van der Waals surface area contributed by atoms with Crippen LogP contribution in [-0.2, 0) is 0 Å². The van der Waals surface area contributed by atoms with Crippen molar-refractivity contribution in [2.45, 2.75) is 26.7 Å². The number of aromatic nitrogens is 3. The number of nitrogens with zero attached hydrogens (tertiary/aromatic N) is 4. The van der Waals surface area contributed by atoms with Crippen LogP contribution in [0.3, 0.4) is 0 Å². The molecule has 3 rings (SSSR count). The second kappa shape index (κ2) is 7.08. The maximum Gasteiger partial charge on any atom is 0.273 e. The van der Waals surface area contributed by atoms with Crippen molar-refractivity contribution in [3.8, 4) is 0 Å². The van der Waals surface area contributed by atoms with Crippen molar-refractivity contribution < 1.29 is 14.1 Å². The van der Waals surface area contributed by atoms with E-state index in [-0.39, 0.29) is 11.8 Å². The predicted octanol–water partition coefficient (Wildman–Crippen LogP) is 1.43. The lowest BCUT2D eigenvalue weighted by molar-refractivity contribution is 0.0687. The highest BCUT2D eigenvalue weighted by molar-refractivity contribution is 7.07. The largest absolute Gasteiger partial charge is 0.361 e. The van der Waals surface area contributed by atoms with Gasteiger partial charge in [0.1, 0.15) is 10.6 Å². The Hall–Kier alpha value is -2.29. The average Bonchev–Trinajstić information content (AvgIpc) is 3.21.